The number of fused-ring (bicyclic) bond motifs is 1. The summed E-state index contributed by atoms with van der Waals surface area (Å²) in [7, 11) is 0. The molecule has 0 aliphatic carbocycles. The molecule has 0 bridgehead atoms. The second-order valence-corrected chi connectivity index (χ2v) is 3.55. The number of hydrogen-bond acceptors (Lipinski definition) is 1. The van der Waals surface area contributed by atoms with Crippen LogP contribution in [-0.4, -0.2) is 0 Å². The Bertz CT molecular complexity index is 516. The summed E-state index contributed by atoms with van der Waals surface area (Å²) >= 11 is 0.227. The van der Waals surface area contributed by atoms with Gasteiger partial charge in [-0.05, 0) is 6.07 Å². The molecule has 0 amide bonds. The fraction of sp³-hybridized carbons (Fsp3) is 0. The van der Waals surface area contributed by atoms with Crippen molar-refractivity contribution in [3.63, 3.8) is 0 Å². The molecule has 1 heterocycles. The Morgan fingerprint density at radius 1 is 0.857 bits per heavy atom. The Morgan fingerprint density at radius 2 is 1.50 bits per heavy atom. The van der Waals surface area contributed by atoms with Gasteiger partial charge < -0.3 is 0 Å². The second kappa shape index (κ2) is 2.91. The van der Waals surface area contributed by atoms with E-state index in [0.29, 0.717) is 6.07 Å². The van der Waals surface area contributed by atoms with Gasteiger partial charge in [0.05, 0.1) is 5.39 Å². The first-order valence-electron chi connectivity index (χ1n) is 3.43. The van der Waals surface area contributed by atoms with Crippen molar-refractivity contribution in [2.45, 2.75) is 0 Å². The van der Waals surface area contributed by atoms with Crippen LogP contribution in [0, 0.1) is 28.4 Å². The zero-order valence-electron chi connectivity index (χ0n) is 6.38. The molecule has 0 atom stereocenters. The molecule has 0 unspecified atom stereocenters. The van der Waals surface area contributed by atoms with Crippen LogP contribution in [0.1, 0.15) is 0 Å². The predicted octanol–water partition coefficient (Wildman–Crippen LogP) is 3.60. The summed E-state index contributed by atoms with van der Waals surface area (Å²) in [5.41, 5.74) is 0. The summed E-state index contributed by atoms with van der Waals surface area (Å²) in [5, 5.41) is -2.13. The number of thiophene rings is 1. The van der Waals surface area contributed by atoms with Crippen molar-refractivity contribution in [2.24, 2.45) is 0 Å². The first-order chi connectivity index (χ1) is 6.52. The van der Waals surface area contributed by atoms with Gasteiger partial charge in [-0.3, -0.25) is 0 Å². The van der Waals surface area contributed by atoms with Gasteiger partial charge >= 0.3 is 0 Å². The van der Waals surface area contributed by atoms with Crippen LogP contribution in [0.5, 0.6) is 0 Å². The maximum atomic E-state index is 12.9. The highest BCUT2D eigenvalue weighted by Gasteiger charge is 2.21. The minimum atomic E-state index is -1.80. The smallest absolute Gasteiger partial charge is 0.204 e. The summed E-state index contributed by atoms with van der Waals surface area (Å²) in [5.74, 6) is -6.44. The first-order valence-corrected chi connectivity index (χ1v) is 4.25. The van der Waals surface area contributed by atoms with Gasteiger partial charge in [-0.25, -0.2) is 17.6 Å². The largest absolute Gasteiger partial charge is 0.213 e. The lowest BCUT2D eigenvalue weighted by Gasteiger charge is -1.96. The van der Waals surface area contributed by atoms with Gasteiger partial charge in [-0.1, -0.05) is 0 Å². The topological polar surface area (TPSA) is 0 Å². The van der Waals surface area contributed by atoms with E-state index in [9.17, 15) is 22.0 Å². The van der Waals surface area contributed by atoms with E-state index >= 15 is 0 Å². The molecule has 0 saturated carbocycles. The Hall–Kier alpha value is -1.17. The zero-order valence-corrected chi connectivity index (χ0v) is 7.19. The van der Waals surface area contributed by atoms with Gasteiger partial charge in [0.2, 0.25) is 5.13 Å². The molecule has 0 radical (unpaired) electrons. The van der Waals surface area contributed by atoms with E-state index in [1.165, 1.54) is 0 Å². The Balaban J connectivity index is 2.99. The summed E-state index contributed by atoms with van der Waals surface area (Å²) in [6, 6.07) is 0.560. The van der Waals surface area contributed by atoms with E-state index in [2.05, 4.69) is 0 Å². The zero-order chi connectivity index (χ0) is 10.5. The van der Waals surface area contributed by atoms with Gasteiger partial charge in [0.25, 0.3) is 0 Å². The van der Waals surface area contributed by atoms with Crippen LogP contribution in [0.15, 0.2) is 6.07 Å². The normalized spacial score (nSPS) is 11.2. The van der Waals surface area contributed by atoms with Crippen molar-refractivity contribution in [3.8, 4) is 0 Å². The standard InChI is InChI=1S/C8HF5S/c9-2-1-3-4(6(11)5(2)10)7(12)8(13)14-3/h1H. The highest BCUT2D eigenvalue weighted by atomic mass is 32.1. The lowest BCUT2D eigenvalue weighted by molar-refractivity contribution is 0.450. The van der Waals surface area contributed by atoms with Crippen molar-refractivity contribution in [1.29, 1.82) is 0 Å². The fourth-order valence-electron chi connectivity index (χ4n) is 1.10. The molecule has 6 heteroatoms. The third-order valence-corrected chi connectivity index (χ3v) is 2.62. The molecule has 1 aromatic carbocycles. The van der Waals surface area contributed by atoms with Gasteiger partial charge in [0.15, 0.2) is 23.3 Å². The highest BCUT2D eigenvalue weighted by molar-refractivity contribution is 7.17. The van der Waals surface area contributed by atoms with E-state index in [1.54, 1.807) is 0 Å². The van der Waals surface area contributed by atoms with E-state index in [0.717, 1.165) is 0 Å². The van der Waals surface area contributed by atoms with Crippen LogP contribution < -0.4 is 0 Å². The van der Waals surface area contributed by atoms with Gasteiger partial charge in [0, 0.05) is 4.70 Å². The van der Waals surface area contributed by atoms with E-state index in [-0.39, 0.29) is 16.0 Å². The van der Waals surface area contributed by atoms with Crippen molar-refractivity contribution < 1.29 is 22.0 Å². The van der Waals surface area contributed by atoms with Crippen molar-refractivity contribution in [3.05, 3.63) is 34.5 Å². The van der Waals surface area contributed by atoms with Crippen LogP contribution >= 0.6 is 11.3 Å². The lowest BCUT2D eigenvalue weighted by atomic mass is 10.2. The van der Waals surface area contributed by atoms with Gasteiger partial charge in [-0.15, -0.1) is 11.3 Å². The van der Waals surface area contributed by atoms with Crippen LogP contribution in [0.25, 0.3) is 10.1 Å². The fourth-order valence-corrected chi connectivity index (χ4v) is 1.93. The first kappa shape index (κ1) is 9.39. The Labute approximate surface area is 78.6 Å². The molecule has 0 saturated heterocycles. The molecular weight excluding hydrogens is 223 g/mol. The molecule has 2 rings (SSSR count). The monoisotopic (exact) mass is 224 g/mol. The summed E-state index contributed by atoms with van der Waals surface area (Å²) in [6.45, 7) is 0. The summed E-state index contributed by atoms with van der Waals surface area (Å²) in [4.78, 5) is 0. The molecule has 0 N–H and O–H groups in total. The van der Waals surface area contributed by atoms with Crippen LogP contribution in [-0.2, 0) is 0 Å². The molecular formula is C8HF5S. The van der Waals surface area contributed by atoms with Crippen LogP contribution in [0.2, 0.25) is 0 Å². The van der Waals surface area contributed by atoms with Crippen LogP contribution in [0.3, 0.4) is 0 Å². The van der Waals surface area contributed by atoms with Gasteiger partial charge in [0.1, 0.15) is 0 Å². The number of benzene rings is 1. The number of rotatable bonds is 0. The summed E-state index contributed by atoms with van der Waals surface area (Å²) < 4.78 is 63.3. The lowest BCUT2D eigenvalue weighted by Crippen LogP contribution is -1.91. The van der Waals surface area contributed by atoms with E-state index in [1.807, 2.05) is 0 Å². The third-order valence-electron chi connectivity index (χ3n) is 1.72. The van der Waals surface area contributed by atoms with E-state index in [4.69, 9.17) is 0 Å². The quantitative estimate of drug-likeness (QED) is 0.473. The number of hydrogen-bond donors (Lipinski definition) is 0. The molecule has 0 fully saturated rings. The predicted molar refractivity (Wildman–Crippen MR) is 41.6 cm³/mol. The minimum absolute atomic E-state index is 0.227. The van der Waals surface area contributed by atoms with Crippen molar-refractivity contribution in [2.75, 3.05) is 0 Å². The molecule has 14 heavy (non-hydrogen) atoms. The third kappa shape index (κ3) is 1.10. The summed E-state index contributed by atoms with van der Waals surface area (Å²) in [6.07, 6.45) is 0. The number of halogens is 5. The van der Waals surface area contributed by atoms with Crippen LogP contribution in [0.4, 0.5) is 22.0 Å². The second-order valence-electron chi connectivity index (χ2n) is 2.55. The highest BCUT2D eigenvalue weighted by Crippen LogP contribution is 2.32. The molecule has 2 aromatic rings. The Kier molecular flexibility index (Phi) is 1.95. The minimum Gasteiger partial charge on any atom is -0.204 e. The maximum absolute atomic E-state index is 12.9. The Morgan fingerprint density at radius 3 is 2.14 bits per heavy atom. The van der Waals surface area contributed by atoms with Crippen molar-refractivity contribution >= 4 is 21.4 Å². The average molecular weight is 224 g/mol. The molecule has 0 spiro atoms. The average Bonchev–Trinajstić information content (AvgIpc) is 2.39. The molecule has 74 valence electrons. The molecule has 1 aromatic heterocycles. The van der Waals surface area contributed by atoms with E-state index < -0.39 is 33.8 Å². The molecule has 0 aliphatic heterocycles. The van der Waals surface area contributed by atoms with Gasteiger partial charge in [-0.2, -0.15) is 4.39 Å². The maximum Gasteiger partial charge on any atom is 0.213 e. The molecule has 0 nitrogen and oxygen atoms in total. The molecule has 0 aliphatic rings. The SMILES string of the molecule is Fc1cc2sc(F)c(F)c2c(F)c1F. The van der Waals surface area contributed by atoms with Crippen molar-refractivity contribution in [1.82, 2.24) is 0 Å².